The minimum atomic E-state index is -0.355. The normalized spacial score (nSPS) is 9.25. The van der Waals surface area contributed by atoms with Crippen LogP contribution in [0.15, 0.2) is 11.4 Å². The first-order valence-corrected chi connectivity index (χ1v) is 4.19. The number of rotatable bonds is 3. The topological polar surface area (TPSA) is 66.9 Å². The molecule has 0 aliphatic carbocycles. The summed E-state index contributed by atoms with van der Waals surface area (Å²) in [5.41, 5.74) is 0.582. The number of hydrogen-bond donors (Lipinski definition) is 0. The molecule has 1 aromatic heterocycles. The van der Waals surface area contributed by atoms with E-state index in [1.807, 2.05) is 6.07 Å². The monoisotopic (exact) mass is 182 g/mol. The van der Waals surface area contributed by atoms with Crippen LogP contribution in [0.1, 0.15) is 10.4 Å². The maximum atomic E-state index is 9.99. The van der Waals surface area contributed by atoms with Gasteiger partial charge in [0.25, 0.3) is 0 Å². The predicted octanol–water partition coefficient (Wildman–Crippen LogP) is 1.44. The van der Waals surface area contributed by atoms with E-state index < -0.39 is 0 Å². The molecule has 0 spiro atoms. The lowest BCUT2D eigenvalue weighted by atomic mass is 10.3. The Hall–Kier alpha value is -1.41. The Morgan fingerprint density at radius 2 is 2.50 bits per heavy atom. The SMILES string of the molecule is N#Cc1csc(CC[N+](=O)[O-])c1. The summed E-state index contributed by atoms with van der Waals surface area (Å²) < 4.78 is 0. The summed E-state index contributed by atoms with van der Waals surface area (Å²) in [6.07, 6.45) is 0.416. The predicted molar refractivity (Wildman–Crippen MR) is 44.6 cm³/mol. The zero-order valence-corrected chi connectivity index (χ0v) is 7.00. The van der Waals surface area contributed by atoms with E-state index in [2.05, 4.69) is 0 Å². The average molecular weight is 182 g/mol. The Kier molecular flexibility index (Phi) is 2.77. The van der Waals surface area contributed by atoms with Gasteiger partial charge in [-0.3, -0.25) is 10.1 Å². The Morgan fingerprint density at radius 1 is 1.75 bits per heavy atom. The molecule has 0 amide bonds. The van der Waals surface area contributed by atoms with Gasteiger partial charge in [0.15, 0.2) is 0 Å². The van der Waals surface area contributed by atoms with Crippen LogP contribution in [0.3, 0.4) is 0 Å². The molecule has 12 heavy (non-hydrogen) atoms. The summed E-state index contributed by atoms with van der Waals surface area (Å²) in [5.74, 6) is 0. The molecule has 62 valence electrons. The van der Waals surface area contributed by atoms with Gasteiger partial charge in [0, 0.05) is 21.6 Å². The summed E-state index contributed by atoms with van der Waals surface area (Å²) in [7, 11) is 0. The van der Waals surface area contributed by atoms with Crippen molar-refractivity contribution in [2.45, 2.75) is 6.42 Å². The second-order valence-electron chi connectivity index (χ2n) is 2.22. The zero-order chi connectivity index (χ0) is 8.97. The van der Waals surface area contributed by atoms with Crippen LogP contribution >= 0.6 is 11.3 Å². The van der Waals surface area contributed by atoms with E-state index >= 15 is 0 Å². The van der Waals surface area contributed by atoms with Crippen molar-refractivity contribution in [1.82, 2.24) is 0 Å². The molecule has 0 N–H and O–H groups in total. The largest absolute Gasteiger partial charge is 0.265 e. The van der Waals surface area contributed by atoms with Crippen LogP contribution in [0.5, 0.6) is 0 Å². The fourth-order valence-corrected chi connectivity index (χ4v) is 1.58. The summed E-state index contributed by atoms with van der Waals surface area (Å²) in [5, 5.41) is 20.1. The number of hydrogen-bond acceptors (Lipinski definition) is 4. The molecule has 0 saturated heterocycles. The highest BCUT2D eigenvalue weighted by atomic mass is 32.1. The molecule has 5 heteroatoms. The van der Waals surface area contributed by atoms with Gasteiger partial charge in [0.1, 0.15) is 6.07 Å². The molecule has 0 aromatic carbocycles. The first-order valence-electron chi connectivity index (χ1n) is 3.31. The first kappa shape index (κ1) is 8.68. The van der Waals surface area contributed by atoms with Crippen LogP contribution in [0.2, 0.25) is 0 Å². The van der Waals surface area contributed by atoms with Crippen molar-refractivity contribution in [3.63, 3.8) is 0 Å². The van der Waals surface area contributed by atoms with Crippen molar-refractivity contribution >= 4 is 11.3 Å². The van der Waals surface area contributed by atoms with Crippen LogP contribution in [0.25, 0.3) is 0 Å². The molecule has 0 saturated carbocycles. The smallest absolute Gasteiger partial charge is 0.208 e. The van der Waals surface area contributed by atoms with Crippen molar-refractivity contribution in [2.75, 3.05) is 6.54 Å². The third kappa shape index (κ3) is 2.32. The molecule has 0 bridgehead atoms. The van der Waals surface area contributed by atoms with E-state index in [1.165, 1.54) is 11.3 Å². The number of nitro groups is 1. The third-order valence-corrected chi connectivity index (χ3v) is 2.32. The molecule has 0 aliphatic heterocycles. The molecule has 0 fully saturated rings. The zero-order valence-electron chi connectivity index (χ0n) is 6.19. The van der Waals surface area contributed by atoms with Gasteiger partial charge < -0.3 is 0 Å². The molecule has 1 heterocycles. The summed E-state index contributed by atoms with van der Waals surface area (Å²) >= 11 is 1.39. The van der Waals surface area contributed by atoms with Crippen LogP contribution < -0.4 is 0 Å². The maximum Gasteiger partial charge on any atom is 0.208 e. The second-order valence-corrected chi connectivity index (χ2v) is 3.22. The Morgan fingerprint density at radius 3 is 3.00 bits per heavy atom. The highest BCUT2D eigenvalue weighted by Gasteiger charge is 2.02. The van der Waals surface area contributed by atoms with E-state index in [1.54, 1.807) is 11.4 Å². The van der Waals surface area contributed by atoms with E-state index in [0.29, 0.717) is 12.0 Å². The summed E-state index contributed by atoms with van der Waals surface area (Å²) in [6.45, 7) is -0.0641. The van der Waals surface area contributed by atoms with Gasteiger partial charge in [-0.25, -0.2) is 0 Å². The second kappa shape index (κ2) is 3.83. The Bertz CT molecular complexity index is 326. The molecule has 4 nitrogen and oxygen atoms in total. The lowest BCUT2D eigenvalue weighted by molar-refractivity contribution is -0.479. The molecule has 0 atom stereocenters. The fourth-order valence-electron chi connectivity index (χ4n) is 0.772. The summed E-state index contributed by atoms with van der Waals surface area (Å²) in [4.78, 5) is 10.5. The number of thiophene rings is 1. The first-order chi connectivity index (χ1) is 5.72. The standard InChI is InChI=1S/C7H6N2O2S/c8-4-6-3-7(12-5-6)1-2-9(10)11/h3,5H,1-2H2. The lowest BCUT2D eigenvalue weighted by Gasteiger charge is -1.88. The molecule has 1 rings (SSSR count). The van der Waals surface area contributed by atoms with Gasteiger partial charge in [0.05, 0.1) is 5.56 Å². The fraction of sp³-hybridized carbons (Fsp3) is 0.286. The van der Waals surface area contributed by atoms with E-state index in [9.17, 15) is 10.1 Å². The quantitative estimate of drug-likeness (QED) is 0.524. The van der Waals surface area contributed by atoms with Gasteiger partial charge in [-0.05, 0) is 6.07 Å². The highest BCUT2D eigenvalue weighted by molar-refractivity contribution is 7.10. The number of nitrogens with zero attached hydrogens (tertiary/aromatic N) is 2. The summed E-state index contributed by atoms with van der Waals surface area (Å²) in [6, 6.07) is 3.66. The van der Waals surface area contributed by atoms with Crippen molar-refractivity contribution in [3.8, 4) is 6.07 Å². The van der Waals surface area contributed by atoms with Gasteiger partial charge in [-0.2, -0.15) is 5.26 Å². The van der Waals surface area contributed by atoms with Crippen LogP contribution in [-0.4, -0.2) is 11.5 Å². The van der Waals surface area contributed by atoms with Gasteiger partial charge >= 0.3 is 0 Å². The third-order valence-electron chi connectivity index (χ3n) is 1.32. The molecule has 0 radical (unpaired) electrons. The molecule has 1 aromatic rings. The molecular weight excluding hydrogens is 176 g/mol. The minimum absolute atomic E-state index is 0.0641. The van der Waals surface area contributed by atoms with E-state index in [-0.39, 0.29) is 11.5 Å². The van der Waals surface area contributed by atoms with Crippen molar-refractivity contribution in [2.24, 2.45) is 0 Å². The molecule has 0 aliphatic rings. The van der Waals surface area contributed by atoms with E-state index in [4.69, 9.17) is 5.26 Å². The van der Waals surface area contributed by atoms with Crippen molar-refractivity contribution in [1.29, 1.82) is 5.26 Å². The number of nitriles is 1. The molecule has 0 unspecified atom stereocenters. The highest BCUT2D eigenvalue weighted by Crippen LogP contribution is 2.13. The van der Waals surface area contributed by atoms with Gasteiger partial charge in [-0.15, -0.1) is 11.3 Å². The van der Waals surface area contributed by atoms with Crippen LogP contribution in [0.4, 0.5) is 0 Å². The van der Waals surface area contributed by atoms with Crippen LogP contribution in [0, 0.1) is 21.4 Å². The van der Waals surface area contributed by atoms with Crippen molar-refractivity contribution < 1.29 is 4.92 Å². The molecular formula is C7H6N2O2S. The van der Waals surface area contributed by atoms with Gasteiger partial charge in [-0.1, -0.05) is 0 Å². The van der Waals surface area contributed by atoms with Crippen molar-refractivity contribution in [3.05, 3.63) is 32.0 Å². The van der Waals surface area contributed by atoms with Gasteiger partial charge in [0.2, 0.25) is 6.54 Å². The minimum Gasteiger partial charge on any atom is -0.265 e. The Balaban J connectivity index is 2.54. The van der Waals surface area contributed by atoms with E-state index in [0.717, 1.165) is 4.88 Å². The van der Waals surface area contributed by atoms with Crippen LogP contribution in [-0.2, 0) is 6.42 Å². The lowest BCUT2D eigenvalue weighted by Crippen LogP contribution is -2.02. The Labute approximate surface area is 73.2 Å². The average Bonchev–Trinajstić information content (AvgIpc) is 2.48. The maximum absolute atomic E-state index is 9.99.